The highest BCUT2D eigenvalue weighted by molar-refractivity contribution is 5.35. The van der Waals surface area contributed by atoms with Gasteiger partial charge in [0, 0.05) is 12.5 Å². The average Bonchev–Trinajstić information content (AvgIpc) is 3.19. The molecule has 0 amide bonds. The molecule has 2 atom stereocenters. The highest BCUT2D eigenvalue weighted by Gasteiger charge is 2.41. The molecule has 3 nitrogen and oxygen atoms in total. The molecule has 1 fully saturated rings. The van der Waals surface area contributed by atoms with Crippen LogP contribution in [0.2, 0.25) is 0 Å². The molecule has 1 saturated heterocycles. The standard InChI is InChI=1S/C24H33NO2/c1-19(2)17-24(26,21-11-13-22(27-3)14-12-21)23(18-25-15-7-8-16-25)20-9-5-4-6-10-20/h4-6,9-14,19,23,26H,7-8,15-18H2,1-3H3. The first kappa shape index (κ1) is 19.9. The van der Waals surface area contributed by atoms with Crippen molar-refractivity contribution in [2.75, 3.05) is 26.7 Å². The van der Waals surface area contributed by atoms with Crippen LogP contribution in [-0.4, -0.2) is 36.8 Å². The van der Waals surface area contributed by atoms with E-state index in [2.05, 4.69) is 43.0 Å². The summed E-state index contributed by atoms with van der Waals surface area (Å²) in [4.78, 5) is 2.51. The van der Waals surface area contributed by atoms with Gasteiger partial charge in [0.25, 0.3) is 0 Å². The Balaban J connectivity index is 2.02. The zero-order valence-electron chi connectivity index (χ0n) is 16.9. The zero-order valence-corrected chi connectivity index (χ0v) is 16.9. The molecule has 0 radical (unpaired) electrons. The van der Waals surface area contributed by atoms with Crippen molar-refractivity contribution in [1.29, 1.82) is 0 Å². The Labute approximate surface area is 164 Å². The summed E-state index contributed by atoms with van der Waals surface area (Å²) in [5, 5.41) is 12.1. The van der Waals surface area contributed by atoms with Crippen molar-refractivity contribution in [2.45, 2.75) is 44.6 Å². The summed E-state index contributed by atoms with van der Waals surface area (Å²) in [5.41, 5.74) is 1.28. The normalized spacial score (nSPS) is 18.4. The molecule has 0 aliphatic carbocycles. The van der Waals surface area contributed by atoms with Crippen LogP contribution in [0.3, 0.4) is 0 Å². The molecule has 1 N–H and O–H groups in total. The number of rotatable bonds is 8. The molecule has 2 unspecified atom stereocenters. The first-order chi connectivity index (χ1) is 13.0. The third-order valence-electron chi connectivity index (χ3n) is 5.73. The molecule has 3 heteroatoms. The van der Waals surface area contributed by atoms with Crippen LogP contribution in [0.4, 0.5) is 0 Å². The number of ether oxygens (including phenoxy) is 1. The number of hydrogen-bond acceptors (Lipinski definition) is 3. The first-order valence-electron chi connectivity index (χ1n) is 10.2. The van der Waals surface area contributed by atoms with Crippen LogP contribution in [0.1, 0.15) is 50.2 Å². The monoisotopic (exact) mass is 367 g/mol. The minimum atomic E-state index is -0.912. The van der Waals surface area contributed by atoms with Crippen molar-refractivity contribution in [2.24, 2.45) is 5.92 Å². The zero-order chi connectivity index (χ0) is 19.3. The Kier molecular flexibility index (Phi) is 6.56. The second-order valence-corrected chi connectivity index (χ2v) is 8.22. The quantitative estimate of drug-likeness (QED) is 0.727. The van der Waals surface area contributed by atoms with Crippen molar-refractivity contribution >= 4 is 0 Å². The van der Waals surface area contributed by atoms with Gasteiger partial charge >= 0.3 is 0 Å². The van der Waals surface area contributed by atoms with Gasteiger partial charge in [0.2, 0.25) is 0 Å². The third-order valence-corrected chi connectivity index (χ3v) is 5.73. The lowest BCUT2D eigenvalue weighted by atomic mass is 9.72. The topological polar surface area (TPSA) is 32.7 Å². The smallest absolute Gasteiger partial charge is 0.118 e. The lowest BCUT2D eigenvalue weighted by Gasteiger charge is -2.40. The molecular weight excluding hydrogens is 334 g/mol. The van der Waals surface area contributed by atoms with Gasteiger partial charge in [-0.05, 0) is 61.5 Å². The van der Waals surface area contributed by atoms with E-state index in [1.54, 1.807) is 7.11 Å². The van der Waals surface area contributed by atoms with Gasteiger partial charge < -0.3 is 14.7 Å². The molecule has 0 bridgehead atoms. The molecule has 146 valence electrons. The third kappa shape index (κ3) is 4.72. The highest BCUT2D eigenvalue weighted by Crippen LogP contribution is 2.43. The lowest BCUT2D eigenvalue weighted by molar-refractivity contribution is -0.0213. The van der Waals surface area contributed by atoms with Crippen LogP contribution in [0, 0.1) is 5.92 Å². The maximum atomic E-state index is 12.1. The number of benzene rings is 2. The summed E-state index contributed by atoms with van der Waals surface area (Å²) in [5.74, 6) is 1.25. The Morgan fingerprint density at radius 2 is 1.63 bits per heavy atom. The van der Waals surface area contributed by atoms with Crippen molar-refractivity contribution in [3.8, 4) is 5.75 Å². The average molecular weight is 368 g/mol. The maximum absolute atomic E-state index is 12.1. The number of nitrogens with zero attached hydrogens (tertiary/aromatic N) is 1. The van der Waals surface area contributed by atoms with Crippen LogP contribution >= 0.6 is 0 Å². The minimum absolute atomic E-state index is 0.0348. The SMILES string of the molecule is COc1ccc(C(O)(CC(C)C)C(CN2CCCC2)c2ccccc2)cc1. The summed E-state index contributed by atoms with van der Waals surface area (Å²) in [6.07, 6.45) is 3.24. The van der Waals surface area contributed by atoms with Gasteiger partial charge in [-0.1, -0.05) is 56.3 Å². The van der Waals surface area contributed by atoms with Crippen molar-refractivity contribution in [1.82, 2.24) is 4.90 Å². The van der Waals surface area contributed by atoms with E-state index in [4.69, 9.17) is 4.74 Å². The fraction of sp³-hybridized carbons (Fsp3) is 0.500. The summed E-state index contributed by atoms with van der Waals surface area (Å²) in [6, 6.07) is 18.5. The predicted octanol–water partition coefficient (Wildman–Crippen LogP) is 4.81. The molecule has 1 heterocycles. The van der Waals surface area contributed by atoms with Crippen LogP contribution in [0.25, 0.3) is 0 Å². The summed E-state index contributed by atoms with van der Waals surface area (Å²) >= 11 is 0. The maximum Gasteiger partial charge on any atom is 0.118 e. The van der Waals surface area contributed by atoms with Crippen molar-refractivity contribution < 1.29 is 9.84 Å². The molecule has 27 heavy (non-hydrogen) atoms. The number of likely N-dealkylation sites (tertiary alicyclic amines) is 1. The Hall–Kier alpha value is -1.84. The van der Waals surface area contributed by atoms with Crippen LogP contribution in [0.5, 0.6) is 5.75 Å². The van der Waals surface area contributed by atoms with E-state index in [9.17, 15) is 5.11 Å². The highest BCUT2D eigenvalue weighted by atomic mass is 16.5. The van der Waals surface area contributed by atoms with Gasteiger partial charge in [0.15, 0.2) is 0 Å². The molecule has 0 spiro atoms. The van der Waals surface area contributed by atoms with E-state index in [0.717, 1.165) is 37.4 Å². The molecule has 2 aromatic rings. The van der Waals surface area contributed by atoms with Crippen LogP contribution < -0.4 is 4.74 Å². The Morgan fingerprint density at radius 1 is 1.00 bits per heavy atom. The summed E-state index contributed by atoms with van der Waals surface area (Å²) in [6.45, 7) is 7.52. The molecule has 2 aromatic carbocycles. The number of methoxy groups -OCH3 is 1. The van der Waals surface area contributed by atoms with E-state index < -0.39 is 5.60 Å². The second kappa shape index (κ2) is 8.90. The van der Waals surface area contributed by atoms with Gasteiger partial charge in [-0.25, -0.2) is 0 Å². The minimum Gasteiger partial charge on any atom is -0.497 e. The Bertz CT molecular complexity index is 692. The van der Waals surface area contributed by atoms with E-state index in [-0.39, 0.29) is 5.92 Å². The molecule has 3 rings (SSSR count). The Morgan fingerprint density at radius 3 is 2.19 bits per heavy atom. The fourth-order valence-corrected chi connectivity index (χ4v) is 4.40. The molecule has 1 aliphatic heterocycles. The van der Waals surface area contributed by atoms with E-state index in [0.29, 0.717) is 5.92 Å². The van der Waals surface area contributed by atoms with Crippen LogP contribution in [0.15, 0.2) is 54.6 Å². The summed E-state index contributed by atoms with van der Waals surface area (Å²) in [7, 11) is 1.68. The molecule has 1 aliphatic rings. The van der Waals surface area contributed by atoms with Gasteiger partial charge in [0.1, 0.15) is 5.75 Å². The lowest BCUT2D eigenvalue weighted by Crippen LogP contribution is -2.41. The second-order valence-electron chi connectivity index (χ2n) is 8.22. The van der Waals surface area contributed by atoms with E-state index in [1.165, 1.54) is 18.4 Å². The van der Waals surface area contributed by atoms with Gasteiger partial charge in [-0.2, -0.15) is 0 Å². The molecule has 0 aromatic heterocycles. The van der Waals surface area contributed by atoms with Gasteiger partial charge in [0.05, 0.1) is 12.7 Å². The van der Waals surface area contributed by atoms with Gasteiger partial charge in [-0.3, -0.25) is 0 Å². The summed E-state index contributed by atoms with van der Waals surface area (Å²) < 4.78 is 5.33. The van der Waals surface area contributed by atoms with E-state index in [1.807, 2.05) is 30.3 Å². The van der Waals surface area contributed by atoms with Crippen molar-refractivity contribution in [3.05, 3.63) is 65.7 Å². The first-order valence-corrected chi connectivity index (χ1v) is 10.2. The van der Waals surface area contributed by atoms with Crippen molar-refractivity contribution in [3.63, 3.8) is 0 Å². The largest absolute Gasteiger partial charge is 0.497 e. The fourth-order valence-electron chi connectivity index (χ4n) is 4.40. The van der Waals surface area contributed by atoms with Crippen LogP contribution in [-0.2, 0) is 5.60 Å². The predicted molar refractivity (Wildman–Crippen MR) is 111 cm³/mol. The number of aliphatic hydroxyl groups is 1. The molecular formula is C24H33NO2. The molecule has 0 saturated carbocycles. The van der Waals surface area contributed by atoms with Gasteiger partial charge in [-0.15, -0.1) is 0 Å². The number of hydrogen-bond donors (Lipinski definition) is 1. The van der Waals surface area contributed by atoms with E-state index >= 15 is 0 Å².